The second-order valence-corrected chi connectivity index (χ2v) is 20.2. The van der Waals surface area contributed by atoms with E-state index in [1.54, 1.807) is 79.7 Å². The zero-order valence-corrected chi connectivity index (χ0v) is 44.7. The molecule has 14 atom stereocenters. The van der Waals surface area contributed by atoms with Crippen LogP contribution in [0, 0.1) is 11.8 Å². The van der Waals surface area contributed by atoms with E-state index < -0.39 is 144 Å². The van der Waals surface area contributed by atoms with Gasteiger partial charge in [-0.25, -0.2) is 9.59 Å². The Kier molecular flexibility index (Phi) is 23.0. The number of phenolic OH excluding ortho intramolecular Hbond substituents is 2. The molecule has 1 aromatic rings. The zero-order chi connectivity index (χ0) is 54.8. The van der Waals surface area contributed by atoms with Crippen LogP contribution >= 0.6 is 23.2 Å². The predicted molar refractivity (Wildman–Crippen MR) is 267 cm³/mol. The van der Waals surface area contributed by atoms with Gasteiger partial charge in [-0.15, -0.1) is 0 Å². The van der Waals surface area contributed by atoms with Gasteiger partial charge in [-0.3, -0.25) is 4.79 Å². The number of aliphatic hydroxyl groups excluding tert-OH is 6. The highest BCUT2D eigenvalue weighted by molar-refractivity contribution is 6.39. The van der Waals surface area contributed by atoms with Gasteiger partial charge in [0, 0.05) is 26.1 Å². The summed E-state index contributed by atoms with van der Waals surface area (Å²) in [6.45, 7) is 15.5. The maximum absolute atomic E-state index is 14.0. The summed E-state index contributed by atoms with van der Waals surface area (Å²) < 4.78 is 47.4. The number of rotatable bonds is 14. The van der Waals surface area contributed by atoms with Crippen LogP contribution in [0.25, 0.3) is 0 Å². The van der Waals surface area contributed by atoms with Gasteiger partial charge in [0.2, 0.25) is 0 Å². The highest BCUT2D eigenvalue weighted by Crippen LogP contribution is 2.45. The van der Waals surface area contributed by atoms with Gasteiger partial charge in [0.25, 0.3) is 0 Å². The highest BCUT2D eigenvalue weighted by Gasteiger charge is 2.53. The summed E-state index contributed by atoms with van der Waals surface area (Å²) in [5, 5.41) is 86.8. The molecule has 3 aliphatic rings. The molecule has 2 fully saturated rings. The second-order valence-electron chi connectivity index (χ2n) is 19.5. The van der Waals surface area contributed by atoms with Crippen LogP contribution in [-0.4, -0.2) is 164 Å². The molecule has 4 rings (SSSR count). The van der Waals surface area contributed by atoms with Crippen LogP contribution in [0.15, 0.2) is 58.7 Å². The molecule has 1 aromatic carbocycles. The van der Waals surface area contributed by atoms with Crippen molar-refractivity contribution >= 4 is 41.1 Å². The minimum atomic E-state index is -1.67. The molecule has 3 heterocycles. The Morgan fingerprint density at radius 3 is 2.19 bits per heavy atom. The van der Waals surface area contributed by atoms with Gasteiger partial charge < -0.3 is 78.7 Å². The van der Waals surface area contributed by atoms with Crippen LogP contribution < -0.4 is 0 Å². The Morgan fingerprint density at radius 2 is 1.59 bits per heavy atom. The number of hydrogen-bond donors (Lipinski definition) is 8. The molecule has 0 bridgehead atoms. The summed E-state index contributed by atoms with van der Waals surface area (Å²) in [4.78, 5) is 40.0. The monoisotopic (exact) mass is 1070 g/mol. The normalized spacial score (nSPS) is 34.5. The molecule has 0 radical (unpaired) electrons. The molecule has 73 heavy (non-hydrogen) atoms. The van der Waals surface area contributed by atoms with E-state index in [4.69, 9.17) is 61.1 Å². The van der Waals surface area contributed by atoms with Gasteiger partial charge >= 0.3 is 17.9 Å². The third-order valence-corrected chi connectivity index (χ3v) is 13.7. The maximum Gasteiger partial charge on any atom is 0.342 e. The van der Waals surface area contributed by atoms with Crippen molar-refractivity contribution in [2.75, 3.05) is 20.3 Å². The highest BCUT2D eigenvalue weighted by atomic mass is 35.5. The third-order valence-electron chi connectivity index (χ3n) is 13.0. The molecule has 410 valence electrons. The minimum absolute atomic E-state index is 0.0302. The van der Waals surface area contributed by atoms with Crippen molar-refractivity contribution in [1.29, 1.82) is 0 Å². The number of methoxy groups -OCH3 is 1. The Hall–Kier alpha value is -3.93. The van der Waals surface area contributed by atoms with Gasteiger partial charge in [0.15, 0.2) is 36.3 Å². The zero-order valence-electron chi connectivity index (χ0n) is 43.2. The molecular formula is C52H74Cl2O19. The van der Waals surface area contributed by atoms with Crippen molar-refractivity contribution in [1.82, 2.24) is 0 Å². The molecule has 21 heteroatoms. The number of halogens is 2. The van der Waals surface area contributed by atoms with E-state index in [9.17, 15) is 55.2 Å². The fourth-order valence-electron chi connectivity index (χ4n) is 8.65. The van der Waals surface area contributed by atoms with Gasteiger partial charge in [-0.1, -0.05) is 79.9 Å². The number of cyclic esters (lactones) is 1. The molecule has 2 saturated heterocycles. The molecule has 0 unspecified atom stereocenters. The standard InChI is InChI=1S/C52H74Cl2O19/c1-12-32-35(38(58)37(54)39(59)36(32)53)49(65)70-44-29(8)68-51(45(66-11)42(44)62)67-23-31-15-13-14-16-33(57)26(5)22-30(19-20-55)43(27(6)21-25(4)17-18-34(28(7)56)69-48(31)64)71-50-41(61)40(60)46(52(9,10)73-50)72-47(63)24(2)3/h13-15,17,21-22,24,28-30,33-34,40-46,50-51,55-62H,12,16,18-20,23H2,1-11H3/b14-13+,25-17+,26-22+,27-21+,31-15+/t28-,29-,30+,33+,34+,40-,41+,42+,43+,44-,45+,46+,50-,51-/m1/s1. The van der Waals surface area contributed by atoms with Gasteiger partial charge in [0.05, 0.1) is 47.5 Å². The van der Waals surface area contributed by atoms with Gasteiger partial charge in [-0.2, -0.15) is 0 Å². The number of aromatic hydroxyl groups is 2. The summed E-state index contributed by atoms with van der Waals surface area (Å²) in [7, 11) is 1.25. The first-order valence-electron chi connectivity index (χ1n) is 24.3. The number of carbonyl (C=O) groups is 3. The number of phenols is 2. The van der Waals surface area contributed by atoms with Crippen molar-refractivity contribution in [3.8, 4) is 11.5 Å². The summed E-state index contributed by atoms with van der Waals surface area (Å²) in [6.07, 6.45) is -6.88. The third kappa shape index (κ3) is 15.4. The molecule has 19 nitrogen and oxygen atoms in total. The smallest absolute Gasteiger partial charge is 0.342 e. The first kappa shape index (κ1) is 61.6. The molecule has 0 saturated carbocycles. The number of allylic oxidation sites excluding steroid dienone is 4. The number of esters is 3. The molecular weight excluding hydrogens is 999 g/mol. The van der Waals surface area contributed by atoms with Crippen LogP contribution in [0.4, 0.5) is 0 Å². The molecule has 3 aliphatic heterocycles. The van der Waals surface area contributed by atoms with E-state index >= 15 is 0 Å². The second kappa shape index (κ2) is 27.2. The van der Waals surface area contributed by atoms with E-state index in [1.165, 1.54) is 33.1 Å². The van der Waals surface area contributed by atoms with Crippen molar-refractivity contribution in [2.45, 2.75) is 180 Å². The van der Waals surface area contributed by atoms with E-state index in [2.05, 4.69) is 0 Å². The van der Waals surface area contributed by atoms with Gasteiger partial charge in [-0.05, 0) is 90.5 Å². The van der Waals surface area contributed by atoms with Crippen LogP contribution in [-0.2, 0) is 53.9 Å². The van der Waals surface area contributed by atoms with Crippen molar-refractivity contribution in [3.63, 3.8) is 0 Å². The van der Waals surface area contributed by atoms with E-state index in [0.29, 0.717) is 16.7 Å². The largest absolute Gasteiger partial charge is 0.505 e. The van der Waals surface area contributed by atoms with Crippen molar-refractivity contribution < 1.29 is 93.1 Å². The lowest BCUT2D eigenvalue weighted by atomic mass is 9.87. The molecule has 0 aromatic heterocycles. The number of ether oxygens (including phenoxy) is 8. The summed E-state index contributed by atoms with van der Waals surface area (Å²) in [5.74, 6) is -5.12. The Morgan fingerprint density at radius 1 is 0.918 bits per heavy atom. The topological polar surface area (TPSA) is 287 Å². The average Bonchev–Trinajstić information content (AvgIpc) is 3.32. The van der Waals surface area contributed by atoms with E-state index in [1.807, 2.05) is 0 Å². The van der Waals surface area contributed by atoms with Crippen LogP contribution in [0.1, 0.15) is 104 Å². The summed E-state index contributed by atoms with van der Waals surface area (Å²) in [6, 6.07) is 0. The number of carbonyl (C=O) groups excluding carboxylic acids is 3. The van der Waals surface area contributed by atoms with Crippen LogP contribution in [0.5, 0.6) is 11.5 Å². The first-order valence-corrected chi connectivity index (χ1v) is 25.0. The molecule has 8 N–H and O–H groups in total. The van der Waals surface area contributed by atoms with Crippen molar-refractivity contribution in [2.24, 2.45) is 11.8 Å². The quantitative estimate of drug-likeness (QED) is 0.0674. The van der Waals surface area contributed by atoms with Crippen LogP contribution in [0.2, 0.25) is 10.0 Å². The van der Waals surface area contributed by atoms with E-state index in [0.717, 1.165) is 0 Å². The Labute approximate surface area is 436 Å². The molecule has 0 amide bonds. The van der Waals surface area contributed by atoms with Crippen LogP contribution in [0.3, 0.4) is 0 Å². The summed E-state index contributed by atoms with van der Waals surface area (Å²) >= 11 is 12.3. The fourth-order valence-corrected chi connectivity index (χ4v) is 9.21. The molecule has 0 aliphatic carbocycles. The fraction of sp³-hybridized carbons (Fsp3) is 0.635. The van der Waals surface area contributed by atoms with Crippen molar-refractivity contribution in [3.05, 3.63) is 79.9 Å². The van der Waals surface area contributed by atoms with E-state index in [-0.39, 0.29) is 48.4 Å². The Bertz CT molecular complexity index is 2240. The maximum atomic E-state index is 14.0. The lowest BCUT2D eigenvalue weighted by Gasteiger charge is -2.47. The lowest BCUT2D eigenvalue weighted by molar-refractivity contribution is -0.333. The Balaban J connectivity index is 1.62. The summed E-state index contributed by atoms with van der Waals surface area (Å²) in [5.41, 5.74) is -0.0332. The first-order chi connectivity index (χ1) is 34.2. The number of benzene rings is 1. The number of hydrogen-bond acceptors (Lipinski definition) is 19. The predicted octanol–water partition coefficient (Wildman–Crippen LogP) is 5.21. The lowest BCUT2D eigenvalue weighted by Crippen LogP contribution is -2.64. The van der Waals surface area contributed by atoms with Gasteiger partial charge in [0.1, 0.15) is 46.7 Å². The number of aliphatic hydroxyl groups is 6. The molecule has 0 spiro atoms. The average molecular weight is 1070 g/mol. The minimum Gasteiger partial charge on any atom is -0.505 e. The SMILES string of the molecule is CCc1c(Cl)c(O)c(Cl)c(O)c1C(=O)O[C@H]1[C@H](O)[C@H](OC)[C@H](OC/C2=C\C=C\C[C@H](O)/C(C)=C/[C@H](CCO)[C@@H](O[C@@H]3OC(C)(C)[C@@H](OC(=O)C(C)C)[C@H](O)[C@@H]3O)/C(C)=C/C(C)=C/C[C@@H]([C@@H](C)O)OC2=O)O[C@@H]1C.